The second-order valence-electron chi connectivity index (χ2n) is 2.64. The number of aryl methyl sites for hydroxylation is 1. The van der Waals surface area contributed by atoms with Crippen LogP contribution in [0.1, 0.15) is 5.56 Å². The molecule has 0 N–H and O–H groups in total. The van der Waals surface area contributed by atoms with E-state index in [2.05, 4.69) is 0 Å². The first kappa shape index (κ1) is 10.1. The SMILES string of the molecule is [O]S(=O)(=O)CCc1ccc(F)cc1. The summed E-state index contributed by atoms with van der Waals surface area (Å²) in [7, 11) is -4.18. The molecule has 1 radical (unpaired) electrons. The van der Waals surface area contributed by atoms with Crippen LogP contribution in [-0.2, 0) is 21.1 Å². The van der Waals surface area contributed by atoms with Crippen molar-refractivity contribution in [3.8, 4) is 0 Å². The number of rotatable bonds is 3. The molecule has 1 rings (SSSR count). The highest BCUT2D eigenvalue weighted by atomic mass is 32.2. The van der Waals surface area contributed by atoms with Crippen LogP contribution < -0.4 is 0 Å². The second-order valence-corrected chi connectivity index (χ2v) is 4.16. The molecule has 5 heteroatoms. The minimum atomic E-state index is -4.18. The predicted molar refractivity (Wildman–Crippen MR) is 44.6 cm³/mol. The molecule has 0 aliphatic rings. The van der Waals surface area contributed by atoms with E-state index in [9.17, 15) is 17.4 Å². The molecule has 1 aromatic carbocycles. The van der Waals surface area contributed by atoms with E-state index in [4.69, 9.17) is 0 Å². The Kier molecular flexibility index (Phi) is 3.00. The monoisotopic (exact) mass is 203 g/mol. The molecule has 0 amide bonds. The summed E-state index contributed by atoms with van der Waals surface area (Å²) in [6.07, 6.45) is 0.131. The summed E-state index contributed by atoms with van der Waals surface area (Å²) < 4.78 is 43.1. The fraction of sp³-hybridized carbons (Fsp3) is 0.250. The minimum Gasteiger partial charge on any atom is -0.207 e. The molecule has 0 atom stereocenters. The van der Waals surface area contributed by atoms with Gasteiger partial charge in [-0.25, -0.2) is 4.39 Å². The number of hydrogen-bond donors (Lipinski definition) is 0. The summed E-state index contributed by atoms with van der Waals surface area (Å²) in [5.41, 5.74) is 0.640. The van der Waals surface area contributed by atoms with Crippen LogP contribution in [0.15, 0.2) is 24.3 Å². The van der Waals surface area contributed by atoms with E-state index in [0.29, 0.717) is 5.56 Å². The van der Waals surface area contributed by atoms with Gasteiger partial charge in [-0.15, -0.1) is 0 Å². The maximum absolute atomic E-state index is 12.4. The van der Waals surface area contributed by atoms with Crippen molar-refractivity contribution >= 4 is 10.1 Å². The first-order valence-corrected chi connectivity index (χ1v) is 5.23. The zero-order chi connectivity index (χ0) is 9.90. The third-order valence-electron chi connectivity index (χ3n) is 1.55. The molecule has 0 aliphatic carbocycles. The molecule has 0 fully saturated rings. The van der Waals surface area contributed by atoms with E-state index in [0.717, 1.165) is 0 Å². The molecule has 0 saturated carbocycles. The Morgan fingerprint density at radius 2 is 1.69 bits per heavy atom. The van der Waals surface area contributed by atoms with E-state index in [1.165, 1.54) is 24.3 Å². The molecule has 3 nitrogen and oxygen atoms in total. The van der Waals surface area contributed by atoms with Gasteiger partial charge in [0, 0.05) is 0 Å². The lowest BCUT2D eigenvalue weighted by atomic mass is 10.2. The fourth-order valence-corrected chi connectivity index (χ4v) is 1.38. The zero-order valence-corrected chi connectivity index (χ0v) is 7.55. The Labute approximate surface area is 76.0 Å². The second kappa shape index (κ2) is 3.85. The highest BCUT2D eigenvalue weighted by Crippen LogP contribution is 2.04. The van der Waals surface area contributed by atoms with E-state index in [1.807, 2.05) is 0 Å². The van der Waals surface area contributed by atoms with E-state index < -0.39 is 15.9 Å². The van der Waals surface area contributed by atoms with Crippen molar-refractivity contribution in [2.75, 3.05) is 5.75 Å². The van der Waals surface area contributed by atoms with Gasteiger partial charge in [-0.05, 0) is 24.1 Å². The predicted octanol–water partition coefficient (Wildman–Crippen LogP) is 1.13. The summed E-state index contributed by atoms with van der Waals surface area (Å²) in [5.74, 6) is -0.827. The Balaban J connectivity index is 2.61. The first-order valence-electron chi connectivity index (χ1n) is 3.65. The molecule has 0 spiro atoms. The summed E-state index contributed by atoms with van der Waals surface area (Å²) >= 11 is 0. The molecule has 0 aromatic heterocycles. The van der Waals surface area contributed by atoms with Crippen molar-refractivity contribution in [2.24, 2.45) is 0 Å². The fourth-order valence-electron chi connectivity index (χ4n) is 0.894. The van der Waals surface area contributed by atoms with Crippen LogP contribution in [0.5, 0.6) is 0 Å². The van der Waals surface area contributed by atoms with Crippen LogP contribution in [0.3, 0.4) is 0 Å². The van der Waals surface area contributed by atoms with Crippen LogP contribution >= 0.6 is 0 Å². The van der Waals surface area contributed by atoms with Crippen molar-refractivity contribution in [2.45, 2.75) is 6.42 Å². The van der Waals surface area contributed by atoms with Crippen LogP contribution in [-0.4, -0.2) is 14.2 Å². The van der Waals surface area contributed by atoms with Crippen molar-refractivity contribution in [3.05, 3.63) is 35.6 Å². The van der Waals surface area contributed by atoms with Gasteiger partial charge in [-0.2, -0.15) is 8.42 Å². The van der Waals surface area contributed by atoms with Crippen molar-refractivity contribution in [1.82, 2.24) is 0 Å². The highest BCUT2D eigenvalue weighted by Gasteiger charge is 2.06. The Morgan fingerprint density at radius 1 is 1.15 bits per heavy atom. The standard InChI is InChI=1S/C8H8FO3S/c9-8-3-1-7(2-4-8)5-6-13(10,11)12/h1-4H,5-6H2. The summed E-state index contributed by atoms with van der Waals surface area (Å²) in [6.45, 7) is 0. The Bertz CT molecular complexity index is 369. The van der Waals surface area contributed by atoms with Gasteiger partial charge in [0.15, 0.2) is 0 Å². The van der Waals surface area contributed by atoms with E-state index >= 15 is 0 Å². The molecular weight excluding hydrogens is 195 g/mol. The van der Waals surface area contributed by atoms with Gasteiger partial charge < -0.3 is 0 Å². The molecule has 0 heterocycles. The average molecular weight is 203 g/mol. The van der Waals surface area contributed by atoms with Gasteiger partial charge in [0.05, 0.1) is 5.75 Å². The topological polar surface area (TPSA) is 54.0 Å². The van der Waals surface area contributed by atoms with E-state index in [-0.39, 0.29) is 12.2 Å². The first-order chi connectivity index (χ1) is 5.97. The van der Waals surface area contributed by atoms with Gasteiger partial charge >= 0.3 is 0 Å². The van der Waals surface area contributed by atoms with Gasteiger partial charge in [-0.1, -0.05) is 16.7 Å². The van der Waals surface area contributed by atoms with Crippen LogP contribution in [0.2, 0.25) is 0 Å². The highest BCUT2D eigenvalue weighted by molar-refractivity contribution is 7.85. The molecule has 0 saturated heterocycles. The third kappa shape index (κ3) is 4.00. The number of benzene rings is 1. The number of hydrogen-bond acceptors (Lipinski definition) is 2. The van der Waals surface area contributed by atoms with Gasteiger partial charge in [0.1, 0.15) is 5.82 Å². The Hall–Kier alpha value is -0.940. The molecule has 0 aliphatic heterocycles. The lowest BCUT2D eigenvalue weighted by molar-refractivity contribution is 0.414. The number of halogens is 1. The molecular formula is C8H8FO3S. The van der Waals surface area contributed by atoms with Gasteiger partial charge in [0.25, 0.3) is 10.1 Å². The minimum absolute atomic E-state index is 0.131. The zero-order valence-electron chi connectivity index (χ0n) is 6.73. The van der Waals surface area contributed by atoms with Gasteiger partial charge in [-0.3, -0.25) is 0 Å². The molecule has 0 bridgehead atoms. The maximum Gasteiger partial charge on any atom is 0.294 e. The largest absolute Gasteiger partial charge is 0.294 e. The van der Waals surface area contributed by atoms with Gasteiger partial charge in [0.2, 0.25) is 0 Å². The average Bonchev–Trinajstić information content (AvgIpc) is 2.02. The third-order valence-corrected chi connectivity index (χ3v) is 2.26. The van der Waals surface area contributed by atoms with Crippen molar-refractivity contribution in [1.29, 1.82) is 0 Å². The summed E-state index contributed by atoms with van der Waals surface area (Å²) in [5, 5.41) is 0. The summed E-state index contributed by atoms with van der Waals surface area (Å²) in [6, 6.07) is 5.38. The molecule has 71 valence electrons. The van der Waals surface area contributed by atoms with Crippen molar-refractivity contribution in [3.63, 3.8) is 0 Å². The lowest BCUT2D eigenvalue weighted by Gasteiger charge is -1.97. The normalized spacial score (nSPS) is 11.5. The maximum atomic E-state index is 12.4. The van der Waals surface area contributed by atoms with Crippen LogP contribution in [0.25, 0.3) is 0 Å². The Morgan fingerprint density at radius 3 is 2.15 bits per heavy atom. The van der Waals surface area contributed by atoms with Crippen LogP contribution in [0, 0.1) is 5.82 Å². The molecule has 1 aromatic rings. The quantitative estimate of drug-likeness (QED) is 0.739. The van der Waals surface area contributed by atoms with Crippen molar-refractivity contribution < 1.29 is 17.4 Å². The summed E-state index contributed by atoms with van der Waals surface area (Å²) in [4.78, 5) is 0. The molecule has 0 unspecified atom stereocenters. The molecule has 13 heavy (non-hydrogen) atoms. The van der Waals surface area contributed by atoms with Crippen LogP contribution in [0.4, 0.5) is 4.39 Å². The lowest BCUT2D eigenvalue weighted by Crippen LogP contribution is -2.04. The smallest absolute Gasteiger partial charge is 0.207 e. The van der Waals surface area contributed by atoms with E-state index in [1.54, 1.807) is 0 Å².